The molecule has 0 aromatic carbocycles. The van der Waals surface area contributed by atoms with Gasteiger partial charge in [-0.2, -0.15) is 0 Å². The van der Waals surface area contributed by atoms with Gasteiger partial charge in [0, 0.05) is 18.6 Å². The third kappa shape index (κ3) is 1.59. The summed E-state index contributed by atoms with van der Waals surface area (Å²) in [5.74, 6) is 1.02. The van der Waals surface area contributed by atoms with Gasteiger partial charge in [0.2, 0.25) is 0 Å². The molecule has 0 amide bonds. The summed E-state index contributed by atoms with van der Waals surface area (Å²) in [5, 5.41) is 3.81. The Hall–Kier alpha value is -0.0800. The van der Waals surface area contributed by atoms with E-state index < -0.39 is 0 Å². The zero-order chi connectivity index (χ0) is 9.38. The van der Waals surface area contributed by atoms with Gasteiger partial charge in [-0.25, -0.2) is 0 Å². The van der Waals surface area contributed by atoms with Gasteiger partial charge in [0.05, 0.1) is 0 Å². The Morgan fingerprint density at radius 1 is 1.00 bits per heavy atom. The van der Waals surface area contributed by atoms with Crippen LogP contribution in [0.15, 0.2) is 0 Å². The molecule has 3 aliphatic rings. The normalized spacial score (nSPS) is 38.6. The smallest absolute Gasteiger partial charge is 0.0250 e. The summed E-state index contributed by atoms with van der Waals surface area (Å²) in [6.45, 7) is 4.02. The third-order valence-corrected chi connectivity index (χ3v) is 4.50. The van der Waals surface area contributed by atoms with E-state index in [0.29, 0.717) is 0 Å². The fraction of sp³-hybridized carbons (Fsp3) is 1.00. The molecule has 2 heterocycles. The molecule has 14 heavy (non-hydrogen) atoms. The molecule has 0 spiro atoms. The minimum Gasteiger partial charge on any atom is -0.312 e. The summed E-state index contributed by atoms with van der Waals surface area (Å²) in [4.78, 5) is 2.69. The predicted molar refractivity (Wildman–Crippen MR) is 58.3 cm³/mol. The van der Waals surface area contributed by atoms with Crippen LogP contribution in [0.5, 0.6) is 0 Å². The maximum Gasteiger partial charge on any atom is 0.0250 e. The summed E-state index contributed by atoms with van der Waals surface area (Å²) in [6.07, 6.45) is 8.72. The zero-order valence-electron chi connectivity index (χ0n) is 9.04. The molecule has 1 saturated carbocycles. The van der Waals surface area contributed by atoms with Gasteiger partial charge in [-0.15, -0.1) is 0 Å². The molecule has 0 aromatic heterocycles. The Bertz CT molecular complexity index is 200. The van der Waals surface area contributed by atoms with E-state index in [9.17, 15) is 0 Å². The molecule has 2 saturated heterocycles. The minimum absolute atomic E-state index is 0.832. The van der Waals surface area contributed by atoms with E-state index in [1.807, 2.05) is 0 Å². The van der Waals surface area contributed by atoms with Crippen molar-refractivity contribution in [2.75, 3.05) is 19.6 Å². The molecular formula is C12H22N2. The van der Waals surface area contributed by atoms with Gasteiger partial charge in [-0.05, 0) is 51.1 Å². The highest BCUT2D eigenvalue weighted by molar-refractivity contribution is 4.95. The highest BCUT2D eigenvalue weighted by Gasteiger charge is 2.37. The molecule has 2 nitrogen and oxygen atoms in total. The summed E-state index contributed by atoms with van der Waals surface area (Å²) >= 11 is 0. The maximum atomic E-state index is 3.81. The molecule has 1 aliphatic carbocycles. The lowest BCUT2D eigenvalue weighted by atomic mass is 9.85. The second-order valence-corrected chi connectivity index (χ2v) is 5.35. The molecule has 1 N–H and O–H groups in total. The highest BCUT2D eigenvalue weighted by Crippen LogP contribution is 2.29. The summed E-state index contributed by atoms with van der Waals surface area (Å²) in [5.41, 5.74) is 0. The second kappa shape index (κ2) is 3.82. The lowest BCUT2D eigenvalue weighted by Gasteiger charge is -2.29. The van der Waals surface area contributed by atoms with Crippen LogP contribution in [-0.2, 0) is 0 Å². The Morgan fingerprint density at radius 3 is 2.71 bits per heavy atom. The van der Waals surface area contributed by atoms with Crippen molar-refractivity contribution >= 4 is 0 Å². The summed E-state index contributed by atoms with van der Waals surface area (Å²) < 4.78 is 0. The lowest BCUT2D eigenvalue weighted by molar-refractivity contribution is 0.261. The van der Waals surface area contributed by atoms with Gasteiger partial charge in [0.1, 0.15) is 0 Å². The largest absolute Gasteiger partial charge is 0.312 e. The fourth-order valence-corrected chi connectivity index (χ4v) is 3.34. The molecular weight excluding hydrogens is 172 g/mol. The van der Waals surface area contributed by atoms with E-state index in [4.69, 9.17) is 0 Å². The van der Waals surface area contributed by atoms with Crippen LogP contribution in [0.1, 0.15) is 38.5 Å². The number of fused-ring (bicyclic) bond motifs is 1. The number of hydrogen-bond acceptors (Lipinski definition) is 2. The van der Waals surface area contributed by atoms with Crippen molar-refractivity contribution in [1.82, 2.24) is 10.2 Å². The Labute approximate surface area is 87.0 Å². The van der Waals surface area contributed by atoms with Crippen LogP contribution < -0.4 is 5.32 Å². The van der Waals surface area contributed by atoms with E-state index in [1.165, 1.54) is 58.2 Å². The maximum absolute atomic E-state index is 3.81. The molecule has 0 radical (unpaired) electrons. The van der Waals surface area contributed by atoms with Gasteiger partial charge in [-0.3, -0.25) is 4.90 Å². The van der Waals surface area contributed by atoms with Crippen molar-refractivity contribution in [3.8, 4) is 0 Å². The van der Waals surface area contributed by atoms with Crippen molar-refractivity contribution < 1.29 is 0 Å². The van der Waals surface area contributed by atoms with Crippen molar-refractivity contribution in [3.63, 3.8) is 0 Å². The van der Waals surface area contributed by atoms with Crippen LogP contribution in [0.25, 0.3) is 0 Å². The van der Waals surface area contributed by atoms with Crippen molar-refractivity contribution in [3.05, 3.63) is 0 Å². The molecule has 2 heteroatoms. The molecule has 3 fully saturated rings. The van der Waals surface area contributed by atoms with E-state index >= 15 is 0 Å². The van der Waals surface area contributed by atoms with E-state index in [0.717, 1.165) is 18.0 Å². The summed E-state index contributed by atoms with van der Waals surface area (Å²) in [6, 6.07) is 1.73. The first-order chi connectivity index (χ1) is 6.93. The van der Waals surface area contributed by atoms with Crippen LogP contribution in [0.2, 0.25) is 0 Å². The zero-order valence-corrected chi connectivity index (χ0v) is 9.04. The number of rotatable bonds is 3. The first kappa shape index (κ1) is 9.17. The predicted octanol–water partition coefficient (Wildman–Crippen LogP) is 1.61. The Balaban J connectivity index is 1.47. The number of nitrogens with zero attached hydrogens (tertiary/aromatic N) is 1. The molecule has 80 valence electrons. The van der Waals surface area contributed by atoms with Crippen molar-refractivity contribution in [2.24, 2.45) is 5.92 Å². The highest BCUT2D eigenvalue weighted by atomic mass is 15.2. The second-order valence-electron chi connectivity index (χ2n) is 5.35. The van der Waals surface area contributed by atoms with Crippen molar-refractivity contribution in [2.45, 2.75) is 50.6 Å². The topological polar surface area (TPSA) is 15.3 Å². The van der Waals surface area contributed by atoms with Crippen LogP contribution >= 0.6 is 0 Å². The Morgan fingerprint density at radius 2 is 1.93 bits per heavy atom. The lowest BCUT2D eigenvalue weighted by Crippen LogP contribution is -2.42. The molecule has 2 unspecified atom stereocenters. The SMILES string of the molecule is C1CC(CNC2CCN3CCCC23)C1. The minimum atomic E-state index is 0.832. The van der Waals surface area contributed by atoms with Crippen LogP contribution in [0, 0.1) is 5.92 Å². The molecule has 0 bridgehead atoms. The van der Waals surface area contributed by atoms with E-state index in [-0.39, 0.29) is 0 Å². The van der Waals surface area contributed by atoms with Crippen LogP contribution in [0.4, 0.5) is 0 Å². The third-order valence-electron chi connectivity index (χ3n) is 4.50. The first-order valence-corrected chi connectivity index (χ1v) is 6.41. The van der Waals surface area contributed by atoms with Crippen LogP contribution in [0.3, 0.4) is 0 Å². The standard InChI is InChI=1S/C12H22N2/c1-3-10(4-1)9-13-11-6-8-14-7-2-5-12(11)14/h10-13H,1-9H2. The molecule has 2 aliphatic heterocycles. The molecule has 0 aromatic rings. The van der Waals surface area contributed by atoms with Crippen molar-refractivity contribution in [1.29, 1.82) is 0 Å². The molecule has 3 rings (SSSR count). The van der Waals surface area contributed by atoms with Gasteiger partial charge >= 0.3 is 0 Å². The summed E-state index contributed by atoms with van der Waals surface area (Å²) in [7, 11) is 0. The number of nitrogens with one attached hydrogen (secondary N) is 1. The Kier molecular flexibility index (Phi) is 2.50. The molecule has 2 atom stereocenters. The van der Waals surface area contributed by atoms with Gasteiger partial charge < -0.3 is 5.32 Å². The van der Waals surface area contributed by atoms with Crippen LogP contribution in [-0.4, -0.2) is 36.6 Å². The fourth-order valence-electron chi connectivity index (χ4n) is 3.34. The van der Waals surface area contributed by atoms with Gasteiger partial charge in [-0.1, -0.05) is 6.42 Å². The van der Waals surface area contributed by atoms with E-state index in [2.05, 4.69) is 10.2 Å². The van der Waals surface area contributed by atoms with Gasteiger partial charge in [0.15, 0.2) is 0 Å². The number of hydrogen-bond donors (Lipinski definition) is 1. The quantitative estimate of drug-likeness (QED) is 0.734. The monoisotopic (exact) mass is 194 g/mol. The average Bonchev–Trinajstić information content (AvgIpc) is 2.65. The van der Waals surface area contributed by atoms with Gasteiger partial charge in [0.25, 0.3) is 0 Å². The van der Waals surface area contributed by atoms with E-state index in [1.54, 1.807) is 0 Å². The average molecular weight is 194 g/mol. The first-order valence-electron chi connectivity index (χ1n) is 6.41.